The molecule has 19 heavy (non-hydrogen) atoms. The Morgan fingerprint density at radius 3 is 2.68 bits per heavy atom. The van der Waals surface area contributed by atoms with Crippen LogP contribution in [-0.4, -0.2) is 16.1 Å². The lowest BCUT2D eigenvalue weighted by molar-refractivity contribution is -0.115. The lowest BCUT2D eigenvalue weighted by Gasteiger charge is -2.10. The number of amides is 1. The number of aromatic nitrogens is 1. The maximum Gasteiger partial charge on any atom is 0.256 e. The molecule has 1 atom stereocenters. The smallest absolute Gasteiger partial charge is 0.256 e. The molecule has 0 bridgehead atoms. The summed E-state index contributed by atoms with van der Waals surface area (Å²) in [7, 11) is 0. The topological polar surface area (TPSA) is 81.2 Å². The first-order valence-corrected chi connectivity index (χ1v) is 6.68. The molecule has 1 amide bonds. The van der Waals surface area contributed by atoms with Crippen molar-refractivity contribution < 1.29 is 9.21 Å². The van der Waals surface area contributed by atoms with E-state index in [4.69, 9.17) is 10.2 Å². The number of hydrogen-bond acceptors (Lipinski definition) is 5. The minimum absolute atomic E-state index is 0.106. The van der Waals surface area contributed by atoms with E-state index in [-0.39, 0.29) is 11.2 Å². The molecule has 6 heteroatoms. The molecule has 0 aliphatic rings. The third kappa shape index (κ3) is 3.75. The minimum Gasteiger partial charge on any atom is -0.440 e. The van der Waals surface area contributed by atoms with Crippen molar-refractivity contribution in [3.8, 4) is 0 Å². The van der Waals surface area contributed by atoms with Gasteiger partial charge in [0.2, 0.25) is 5.91 Å². The number of thioether (sulfide) groups is 1. The molecule has 0 spiro atoms. The highest BCUT2D eigenvalue weighted by molar-refractivity contribution is 8.00. The van der Waals surface area contributed by atoms with Gasteiger partial charge in [0.05, 0.1) is 10.9 Å². The summed E-state index contributed by atoms with van der Waals surface area (Å²) >= 11 is 1.28. The Morgan fingerprint density at radius 1 is 1.42 bits per heavy atom. The van der Waals surface area contributed by atoms with Crippen LogP contribution in [0.4, 0.5) is 11.4 Å². The van der Waals surface area contributed by atoms with Gasteiger partial charge < -0.3 is 15.5 Å². The zero-order chi connectivity index (χ0) is 13.8. The van der Waals surface area contributed by atoms with Crippen molar-refractivity contribution in [3.63, 3.8) is 0 Å². The molecule has 0 fully saturated rings. The van der Waals surface area contributed by atoms with Crippen LogP contribution >= 0.6 is 11.8 Å². The molecule has 0 aliphatic heterocycles. The number of aryl methyl sites for hydroxylation is 1. The first kappa shape index (κ1) is 13.5. The lowest BCUT2D eigenvalue weighted by Crippen LogP contribution is -2.22. The normalized spacial score (nSPS) is 12.1. The van der Waals surface area contributed by atoms with Crippen molar-refractivity contribution in [2.24, 2.45) is 0 Å². The predicted molar refractivity (Wildman–Crippen MR) is 76.0 cm³/mol. The van der Waals surface area contributed by atoms with E-state index in [1.165, 1.54) is 11.8 Å². The molecule has 0 aliphatic carbocycles. The van der Waals surface area contributed by atoms with Crippen LogP contribution in [0.2, 0.25) is 0 Å². The van der Waals surface area contributed by atoms with Crippen molar-refractivity contribution >= 4 is 29.0 Å². The Hall–Kier alpha value is -1.95. The van der Waals surface area contributed by atoms with Gasteiger partial charge in [0.1, 0.15) is 6.26 Å². The van der Waals surface area contributed by atoms with E-state index in [1.807, 2.05) is 6.92 Å². The maximum absolute atomic E-state index is 12.0. The molecule has 5 nitrogen and oxygen atoms in total. The number of oxazole rings is 1. The van der Waals surface area contributed by atoms with E-state index in [0.29, 0.717) is 10.9 Å². The molecular weight excluding hydrogens is 262 g/mol. The van der Waals surface area contributed by atoms with Gasteiger partial charge in [-0.15, -0.1) is 0 Å². The van der Waals surface area contributed by atoms with Gasteiger partial charge in [-0.3, -0.25) is 4.79 Å². The third-order valence-electron chi connectivity index (χ3n) is 2.42. The zero-order valence-corrected chi connectivity index (χ0v) is 11.5. The average molecular weight is 277 g/mol. The molecule has 100 valence electrons. The number of rotatable bonds is 4. The Balaban J connectivity index is 1.94. The van der Waals surface area contributed by atoms with Gasteiger partial charge in [-0.05, 0) is 38.1 Å². The SMILES string of the molecule is Cc1coc(SC(C)C(=O)Nc2ccc(N)cc2)n1. The fourth-order valence-electron chi connectivity index (χ4n) is 1.40. The van der Waals surface area contributed by atoms with Crippen LogP contribution in [0.1, 0.15) is 12.6 Å². The van der Waals surface area contributed by atoms with E-state index in [0.717, 1.165) is 11.4 Å². The van der Waals surface area contributed by atoms with E-state index >= 15 is 0 Å². The summed E-state index contributed by atoms with van der Waals surface area (Å²) in [5.74, 6) is -0.106. The lowest BCUT2D eigenvalue weighted by atomic mass is 10.3. The van der Waals surface area contributed by atoms with Gasteiger partial charge in [-0.2, -0.15) is 0 Å². The quantitative estimate of drug-likeness (QED) is 0.663. The molecular formula is C13H15N3O2S. The van der Waals surface area contributed by atoms with Crippen molar-refractivity contribution in [2.75, 3.05) is 11.1 Å². The van der Waals surface area contributed by atoms with E-state index < -0.39 is 0 Å². The largest absolute Gasteiger partial charge is 0.440 e. The van der Waals surface area contributed by atoms with Crippen molar-refractivity contribution in [1.82, 2.24) is 4.98 Å². The summed E-state index contributed by atoms with van der Waals surface area (Å²) in [6.45, 7) is 3.64. The molecule has 1 unspecified atom stereocenters. The van der Waals surface area contributed by atoms with Crippen molar-refractivity contribution in [1.29, 1.82) is 0 Å². The van der Waals surface area contributed by atoms with Gasteiger partial charge in [0.25, 0.3) is 5.22 Å². The predicted octanol–water partition coefficient (Wildman–Crippen LogP) is 2.68. The zero-order valence-electron chi connectivity index (χ0n) is 10.7. The molecule has 0 saturated heterocycles. The number of carbonyl (C=O) groups excluding carboxylic acids is 1. The molecule has 2 aromatic rings. The average Bonchev–Trinajstić information content (AvgIpc) is 2.77. The Bertz CT molecular complexity index is 566. The van der Waals surface area contributed by atoms with E-state index in [1.54, 1.807) is 37.5 Å². The minimum atomic E-state index is -0.296. The highest BCUT2D eigenvalue weighted by Crippen LogP contribution is 2.23. The van der Waals surface area contributed by atoms with Crippen LogP contribution in [-0.2, 0) is 4.79 Å². The van der Waals surface area contributed by atoms with Gasteiger partial charge in [-0.25, -0.2) is 4.98 Å². The van der Waals surface area contributed by atoms with Gasteiger partial charge in [0, 0.05) is 11.4 Å². The number of hydrogen-bond donors (Lipinski definition) is 2. The number of nitrogens with two attached hydrogens (primary N) is 1. The number of carbonyl (C=O) groups is 1. The summed E-state index contributed by atoms with van der Waals surface area (Å²) in [4.78, 5) is 16.1. The Kier molecular flexibility index (Phi) is 4.11. The highest BCUT2D eigenvalue weighted by atomic mass is 32.2. The van der Waals surface area contributed by atoms with Crippen molar-refractivity contribution in [3.05, 3.63) is 36.2 Å². The van der Waals surface area contributed by atoms with Crippen LogP contribution < -0.4 is 11.1 Å². The molecule has 0 radical (unpaired) electrons. The monoisotopic (exact) mass is 277 g/mol. The first-order chi connectivity index (χ1) is 9.04. The third-order valence-corrected chi connectivity index (χ3v) is 3.38. The van der Waals surface area contributed by atoms with Gasteiger partial charge >= 0.3 is 0 Å². The van der Waals surface area contributed by atoms with Gasteiger partial charge in [0.15, 0.2) is 0 Å². The number of nitrogens with one attached hydrogen (secondary N) is 1. The molecule has 3 N–H and O–H groups in total. The molecule has 0 saturated carbocycles. The fraction of sp³-hybridized carbons (Fsp3) is 0.231. The van der Waals surface area contributed by atoms with Gasteiger partial charge in [-0.1, -0.05) is 11.8 Å². The number of nitrogens with zero attached hydrogens (tertiary/aromatic N) is 1. The number of anilines is 2. The molecule has 1 aromatic carbocycles. The van der Waals surface area contributed by atoms with Crippen LogP contribution in [0.3, 0.4) is 0 Å². The number of nitrogen functional groups attached to an aromatic ring is 1. The number of benzene rings is 1. The van der Waals surface area contributed by atoms with E-state index in [2.05, 4.69) is 10.3 Å². The second-order valence-electron chi connectivity index (χ2n) is 4.13. The fourth-order valence-corrected chi connectivity index (χ4v) is 2.17. The highest BCUT2D eigenvalue weighted by Gasteiger charge is 2.17. The summed E-state index contributed by atoms with van der Waals surface area (Å²) in [6, 6.07) is 7.01. The van der Waals surface area contributed by atoms with Crippen LogP contribution in [0.5, 0.6) is 0 Å². The van der Waals surface area contributed by atoms with Crippen molar-refractivity contribution in [2.45, 2.75) is 24.3 Å². The standard InChI is InChI=1S/C13H15N3O2S/c1-8-7-18-13(15-8)19-9(2)12(17)16-11-5-3-10(14)4-6-11/h3-7,9H,14H2,1-2H3,(H,16,17). The maximum atomic E-state index is 12.0. The Labute approximate surface area is 115 Å². The van der Waals surface area contributed by atoms with Crippen LogP contribution in [0.15, 0.2) is 40.2 Å². The van der Waals surface area contributed by atoms with E-state index in [9.17, 15) is 4.79 Å². The van der Waals surface area contributed by atoms with Crippen LogP contribution in [0, 0.1) is 6.92 Å². The summed E-state index contributed by atoms with van der Waals surface area (Å²) < 4.78 is 5.21. The second kappa shape index (κ2) is 5.79. The molecule has 1 heterocycles. The molecule has 2 rings (SSSR count). The summed E-state index contributed by atoms with van der Waals surface area (Å²) in [6.07, 6.45) is 1.56. The summed E-state index contributed by atoms with van der Waals surface area (Å²) in [5.41, 5.74) is 7.76. The second-order valence-corrected chi connectivity index (χ2v) is 5.42. The summed E-state index contributed by atoms with van der Waals surface area (Å²) in [5, 5.41) is 3.01. The van der Waals surface area contributed by atoms with Crippen LogP contribution in [0.25, 0.3) is 0 Å². The molecule has 1 aromatic heterocycles. The Morgan fingerprint density at radius 2 is 2.11 bits per heavy atom. The first-order valence-electron chi connectivity index (χ1n) is 5.80.